The SMILES string of the molecule is CCNC(CC)C(=O)c1ccc(F)c(C)c1. The molecule has 1 rings (SSSR count). The van der Waals surface area contributed by atoms with Gasteiger partial charge in [0, 0.05) is 5.56 Å². The molecule has 16 heavy (non-hydrogen) atoms. The minimum atomic E-state index is -0.270. The third-order valence-electron chi connectivity index (χ3n) is 2.62. The molecule has 0 heterocycles. The Morgan fingerprint density at radius 2 is 2.12 bits per heavy atom. The Balaban J connectivity index is 2.90. The van der Waals surface area contributed by atoms with Gasteiger partial charge in [-0.25, -0.2) is 4.39 Å². The summed E-state index contributed by atoms with van der Waals surface area (Å²) in [7, 11) is 0. The van der Waals surface area contributed by atoms with E-state index in [1.54, 1.807) is 19.1 Å². The summed E-state index contributed by atoms with van der Waals surface area (Å²) < 4.78 is 13.1. The second kappa shape index (κ2) is 5.75. The van der Waals surface area contributed by atoms with E-state index >= 15 is 0 Å². The molecule has 1 aromatic rings. The number of rotatable bonds is 5. The molecule has 0 saturated carbocycles. The molecule has 0 spiro atoms. The topological polar surface area (TPSA) is 29.1 Å². The minimum Gasteiger partial charge on any atom is -0.307 e. The average molecular weight is 223 g/mol. The van der Waals surface area contributed by atoms with Crippen LogP contribution in [0.3, 0.4) is 0 Å². The van der Waals surface area contributed by atoms with Gasteiger partial charge in [-0.05, 0) is 43.7 Å². The molecule has 1 aromatic carbocycles. The normalized spacial score (nSPS) is 12.5. The zero-order valence-electron chi connectivity index (χ0n) is 10.0. The van der Waals surface area contributed by atoms with E-state index in [4.69, 9.17) is 0 Å². The van der Waals surface area contributed by atoms with Crippen molar-refractivity contribution in [2.45, 2.75) is 33.2 Å². The molecular weight excluding hydrogens is 205 g/mol. The Kier molecular flexibility index (Phi) is 4.62. The highest BCUT2D eigenvalue weighted by molar-refractivity contribution is 6.00. The number of ketones is 1. The van der Waals surface area contributed by atoms with E-state index in [1.807, 2.05) is 13.8 Å². The van der Waals surface area contributed by atoms with E-state index in [-0.39, 0.29) is 17.6 Å². The van der Waals surface area contributed by atoms with Gasteiger partial charge in [-0.15, -0.1) is 0 Å². The van der Waals surface area contributed by atoms with Crippen molar-refractivity contribution in [2.75, 3.05) is 6.54 Å². The lowest BCUT2D eigenvalue weighted by Crippen LogP contribution is -2.36. The molecule has 1 unspecified atom stereocenters. The van der Waals surface area contributed by atoms with E-state index in [2.05, 4.69) is 5.32 Å². The van der Waals surface area contributed by atoms with Gasteiger partial charge < -0.3 is 5.32 Å². The number of carbonyl (C=O) groups is 1. The van der Waals surface area contributed by atoms with Crippen molar-refractivity contribution >= 4 is 5.78 Å². The van der Waals surface area contributed by atoms with Crippen LogP contribution in [0.4, 0.5) is 4.39 Å². The van der Waals surface area contributed by atoms with E-state index in [0.717, 1.165) is 13.0 Å². The van der Waals surface area contributed by atoms with Gasteiger partial charge in [-0.3, -0.25) is 4.79 Å². The van der Waals surface area contributed by atoms with Crippen molar-refractivity contribution in [3.8, 4) is 0 Å². The monoisotopic (exact) mass is 223 g/mol. The van der Waals surface area contributed by atoms with Gasteiger partial charge in [-0.1, -0.05) is 13.8 Å². The highest BCUT2D eigenvalue weighted by Crippen LogP contribution is 2.12. The van der Waals surface area contributed by atoms with Gasteiger partial charge in [0.15, 0.2) is 5.78 Å². The number of benzene rings is 1. The number of halogens is 1. The summed E-state index contributed by atoms with van der Waals surface area (Å²) in [5, 5.41) is 3.12. The minimum absolute atomic E-state index is 0.0347. The predicted octanol–water partition coefficient (Wildman–Crippen LogP) is 2.70. The zero-order valence-corrected chi connectivity index (χ0v) is 10.0. The molecule has 0 bridgehead atoms. The van der Waals surface area contributed by atoms with Crippen LogP contribution in [0.25, 0.3) is 0 Å². The second-order valence-corrected chi connectivity index (χ2v) is 3.85. The molecule has 0 aliphatic heterocycles. The average Bonchev–Trinajstić information content (AvgIpc) is 2.28. The Labute approximate surface area is 95.9 Å². The molecular formula is C13H18FNO. The highest BCUT2D eigenvalue weighted by atomic mass is 19.1. The first-order valence-corrected chi connectivity index (χ1v) is 5.63. The summed E-state index contributed by atoms with van der Waals surface area (Å²) in [5.74, 6) is -0.236. The number of carbonyl (C=O) groups excluding carboxylic acids is 1. The van der Waals surface area contributed by atoms with Crippen LogP contribution in [-0.4, -0.2) is 18.4 Å². The maximum Gasteiger partial charge on any atom is 0.179 e. The van der Waals surface area contributed by atoms with E-state index < -0.39 is 0 Å². The van der Waals surface area contributed by atoms with Crippen molar-refractivity contribution in [1.29, 1.82) is 0 Å². The predicted molar refractivity (Wildman–Crippen MR) is 63.2 cm³/mol. The number of nitrogens with one attached hydrogen (secondary N) is 1. The Morgan fingerprint density at radius 3 is 2.62 bits per heavy atom. The number of aryl methyl sites for hydroxylation is 1. The molecule has 0 radical (unpaired) electrons. The first-order valence-electron chi connectivity index (χ1n) is 5.63. The molecule has 1 N–H and O–H groups in total. The smallest absolute Gasteiger partial charge is 0.179 e. The summed E-state index contributed by atoms with van der Waals surface area (Å²) in [6.07, 6.45) is 0.739. The quantitative estimate of drug-likeness (QED) is 0.778. The van der Waals surface area contributed by atoms with Crippen LogP contribution in [0, 0.1) is 12.7 Å². The van der Waals surface area contributed by atoms with Crippen molar-refractivity contribution in [2.24, 2.45) is 0 Å². The van der Waals surface area contributed by atoms with Gasteiger partial charge in [0.05, 0.1) is 6.04 Å². The molecule has 3 heteroatoms. The van der Waals surface area contributed by atoms with Crippen molar-refractivity contribution < 1.29 is 9.18 Å². The summed E-state index contributed by atoms with van der Waals surface area (Å²) in [4.78, 5) is 12.0. The van der Waals surface area contributed by atoms with Gasteiger partial charge in [0.25, 0.3) is 0 Å². The lowest BCUT2D eigenvalue weighted by atomic mass is 10.0. The molecule has 2 nitrogen and oxygen atoms in total. The van der Waals surface area contributed by atoms with Gasteiger partial charge in [0.2, 0.25) is 0 Å². The summed E-state index contributed by atoms with van der Waals surface area (Å²) in [6.45, 7) is 6.35. The molecule has 0 aliphatic rings. The fourth-order valence-electron chi connectivity index (χ4n) is 1.67. The van der Waals surface area contributed by atoms with E-state index in [0.29, 0.717) is 11.1 Å². The summed E-state index contributed by atoms with van der Waals surface area (Å²) in [5.41, 5.74) is 1.09. The number of Topliss-reactive ketones (excluding diaryl/α,β-unsaturated/α-hetero) is 1. The van der Waals surface area contributed by atoms with Crippen LogP contribution in [-0.2, 0) is 0 Å². The molecule has 0 saturated heterocycles. The van der Waals surface area contributed by atoms with Crippen LogP contribution < -0.4 is 5.32 Å². The molecule has 0 aliphatic carbocycles. The summed E-state index contributed by atoms with van der Waals surface area (Å²) in [6, 6.07) is 4.33. The van der Waals surface area contributed by atoms with Crippen LogP contribution >= 0.6 is 0 Å². The third kappa shape index (κ3) is 2.89. The zero-order chi connectivity index (χ0) is 12.1. The highest BCUT2D eigenvalue weighted by Gasteiger charge is 2.17. The van der Waals surface area contributed by atoms with Crippen LogP contribution in [0.1, 0.15) is 36.2 Å². The Bertz CT molecular complexity index is 376. The number of hydrogen-bond donors (Lipinski definition) is 1. The molecule has 1 atom stereocenters. The number of likely N-dealkylation sites (N-methyl/N-ethyl adjacent to an activating group) is 1. The Morgan fingerprint density at radius 1 is 1.44 bits per heavy atom. The first kappa shape index (κ1) is 12.8. The molecule has 88 valence electrons. The third-order valence-corrected chi connectivity index (χ3v) is 2.62. The molecule has 0 amide bonds. The van der Waals surface area contributed by atoms with Gasteiger partial charge >= 0.3 is 0 Å². The van der Waals surface area contributed by atoms with E-state index in [1.165, 1.54) is 6.07 Å². The van der Waals surface area contributed by atoms with E-state index in [9.17, 15) is 9.18 Å². The van der Waals surface area contributed by atoms with Gasteiger partial charge in [0.1, 0.15) is 5.82 Å². The van der Waals surface area contributed by atoms with Crippen molar-refractivity contribution in [3.05, 3.63) is 35.1 Å². The lowest BCUT2D eigenvalue weighted by Gasteiger charge is -2.14. The van der Waals surface area contributed by atoms with Crippen LogP contribution in [0.5, 0.6) is 0 Å². The molecule has 0 fully saturated rings. The first-order chi connectivity index (χ1) is 7.60. The summed E-state index contributed by atoms with van der Waals surface area (Å²) >= 11 is 0. The standard InChI is InChI=1S/C13H18FNO/c1-4-12(15-5-2)13(16)10-6-7-11(14)9(3)8-10/h6-8,12,15H,4-5H2,1-3H3. The maximum atomic E-state index is 13.1. The molecule has 0 aromatic heterocycles. The van der Waals surface area contributed by atoms with Gasteiger partial charge in [-0.2, -0.15) is 0 Å². The number of hydrogen-bond acceptors (Lipinski definition) is 2. The largest absolute Gasteiger partial charge is 0.307 e. The second-order valence-electron chi connectivity index (χ2n) is 3.85. The lowest BCUT2D eigenvalue weighted by molar-refractivity contribution is 0.0941. The van der Waals surface area contributed by atoms with Crippen molar-refractivity contribution in [1.82, 2.24) is 5.32 Å². The fourth-order valence-corrected chi connectivity index (χ4v) is 1.67. The van der Waals surface area contributed by atoms with Crippen LogP contribution in [0.15, 0.2) is 18.2 Å². The van der Waals surface area contributed by atoms with Crippen molar-refractivity contribution in [3.63, 3.8) is 0 Å². The maximum absolute atomic E-state index is 13.1. The van der Waals surface area contributed by atoms with Crippen LogP contribution in [0.2, 0.25) is 0 Å². The fraction of sp³-hybridized carbons (Fsp3) is 0.462. The Hall–Kier alpha value is -1.22.